The molecule has 6 heteroatoms. The molecule has 0 saturated carbocycles. The van der Waals surface area contributed by atoms with Gasteiger partial charge >= 0.3 is 0 Å². The number of sulfone groups is 1. The summed E-state index contributed by atoms with van der Waals surface area (Å²) in [6.07, 6.45) is 1.05. The molecule has 0 aliphatic carbocycles. The van der Waals surface area contributed by atoms with Gasteiger partial charge in [0.05, 0.1) is 6.61 Å². The Hall–Kier alpha value is -0.620. The molecule has 0 aliphatic rings. The topological polar surface area (TPSA) is 80.4 Å². The van der Waals surface area contributed by atoms with E-state index in [2.05, 4.69) is 0 Å². The molecule has 1 rings (SSSR count). The summed E-state index contributed by atoms with van der Waals surface area (Å²) in [5.41, 5.74) is 6.40. The van der Waals surface area contributed by atoms with Crippen LogP contribution in [0.2, 0.25) is 5.02 Å². The van der Waals surface area contributed by atoms with Gasteiger partial charge in [0, 0.05) is 17.3 Å². The second-order valence-electron chi connectivity index (χ2n) is 3.63. The van der Waals surface area contributed by atoms with Gasteiger partial charge in [-0.2, -0.15) is 0 Å². The molecule has 1 aromatic carbocycles. The van der Waals surface area contributed by atoms with Crippen molar-refractivity contribution in [1.29, 1.82) is 0 Å². The predicted octanol–water partition coefficient (Wildman–Crippen LogP) is 0.745. The summed E-state index contributed by atoms with van der Waals surface area (Å²) in [5.74, 6) is 0. The molecule has 0 radical (unpaired) electrons. The molecule has 0 fully saturated rings. The SMILES string of the molecule is CS(=O)(=O)C(CO)C(N)c1cccc(Cl)c1. The second kappa shape index (κ2) is 5.14. The quantitative estimate of drug-likeness (QED) is 0.840. The van der Waals surface area contributed by atoms with E-state index in [-0.39, 0.29) is 0 Å². The minimum Gasteiger partial charge on any atom is -0.395 e. The third kappa shape index (κ3) is 3.18. The molecule has 16 heavy (non-hydrogen) atoms. The van der Waals surface area contributed by atoms with E-state index in [4.69, 9.17) is 22.4 Å². The lowest BCUT2D eigenvalue weighted by atomic mass is 10.1. The van der Waals surface area contributed by atoms with Crippen molar-refractivity contribution in [2.75, 3.05) is 12.9 Å². The van der Waals surface area contributed by atoms with Crippen molar-refractivity contribution < 1.29 is 13.5 Å². The van der Waals surface area contributed by atoms with Crippen molar-refractivity contribution in [1.82, 2.24) is 0 Å². The number of hydrogen-bond acceptors (Lipinski definition) is 4. The van der Waals surface area contributed by atoms with Gasteiger partial charge in [-0.1, -0.05) is 23.7 Å². The van der Waals surface area contributed by atoms with E-state index in [1.807, 2.05) is 0 Å². The Bertz CT molecular complexity index is 461. The first-order valence-corrected chi connectivity index (χ1v) is 7.00. The Kier molecular flexibility index (Phi) is 4.32. The largest absolute Gasteiger partial charge is 0.395 e. The molecule has 90 valence electrons. The van der Waals surface area contributed by atoms with Crippen LogP contribution in [0.4, 0.5) is 0 Å². The summed E-state index contributed by atoms with van der Waals surface area (Å²) in [6, 6.07) is 5.86. The third-order valence-corrected chi connectivity index (χ3v) is 4.14. The van der Waals surface area contributed by atoms with Gasteiger partial charge in [0.1, 0.15) is 5.25 Å². The van der Waals surface area contributed by atoms with Crippen molar-refractivity contribution in [2.24, 2.45) is 5.73 Å². The zero-order valence-electron chi connectivity index (χ0n) is 8.80. The van der Waals surface area contributed by atoms with Gasteiger partial charge in [-0.05, 0) is 17.7 Å². The van der Waals surface area contributed by atoms with Gasteiger partial charge in [-0.25, -0.2) is 8.42 Å². The molecular weight excluding hydrogens is 250 g/mol. The van der Waals surface area contributed by atoms with E-state index in [0.717, 1.165) is 6.26 Å². The summed E-state index contributed by atoms with van der Waals surface area (Å²) >= 11 is 5.78. The summed E-state index contributed by atoms with van der Waals surface area (Å²) in [5, 5.41) is 8.55. The van der Waals surface area contributed by atoms with Crippen LogP contribution in [0, 0.1) is 0 Å². The van der Waals surface area contributed by atoms with Crippen LogP contribution in [-0.2, 0) is 9.84 Å². The van der Waals surface area contributed by atoms with Crippen LogP contribution in [0.5, 0.6) is 0 Å². The predicted molar refractivity (Wildman–Crippen MR) is 64.1 cm³/mol. The van der Waals surface area contributed by atoms with Crippen molar-refractivity contribution in [2.45, 2.75) is 11.3 Å². The van der Waals surface area contributed by atoms with Crippen LogP contribution in [0.25, 0.3) is 0 Å². The summed E-state index contributed by atoms with van der Waals surface area (Å²) in [7, 11) is -3.39. The van der Waals surface area contributed by atoms with Gasteiger partial charge in [-0.15, -0.1) is 0 Å². The van der Waals surface area contributed by atoms with Gasteiger partial charge in [0.15, 0.2) is 9.84 Å². The highest BCUT2D eigenvalue weighted by molar-refractivity contribution is 7.91. The Labute approximate surface area is 100.0 Å². The molecule has 0 saturated heterocycles. The van der Waals surface area contributed by atoms with E-state index in [0.29, 0.717) is 10.6 Å². The fourth-order valence-electron chi connectivity index (χ4n) is 1.44. The van der Waals surface area contributed by atoms with Crippen molar-refractivity contribution in [3.8, 4) is 0 Å². The van der Waals surface area contributed by atoms with Crippen molar-refractivity contribution in [3.63, 3.8) is 0 Å². The summed E-state index contributed by atoms with van der Waals surface area (Å²) in [6.45, 7) is -0.507. The van der Waals surface area contributed by atoms with Gasteiger partial charge in [-0.3, -0.25) is 0 Å². The van der Waals surface area contributed by atoms with E-state index in [1.54, 1.807) is 24.3 Å². The van der Waals surface area contributed by atoms with E-state index >= 15 is 0 Å². The average Bonchev–Trinajstić information content (AvgIpc) is 2.16. The second-order valence-corrected chi connectivity index (χ2v) is 6.33. The highest BCUT2D eigenvalue weighted by Gasteiger charge is 2.28. The number of hydrogen-bond donors (Lipinski definition) is 2. The van der Waals surface area contributed by atoms with Crippen LogP contribution in [0.1, 0.15) is 11.6 Å². The minimum absolute atomic E-state index is 0.484. The molecule has 0 amide bonds. The average molecular weight is 264 g/mol. The van der Waals surface area contributed by atoms with Crippen molar-refractivity contribution in [3.05, 3.63) is 34.9 Å². The summed E-state index contributed by atoms with van der Waals surface area (Å²) in [4.78, 5) is 0. The maximum absolute atomic E-state index is 11.4. The number of halogens is 1. The van der Waals surface area contributed by atoms with Crippen LogP contribution < -0.4 is 5.73 Å². The molecule has 0 aromatic heterocycles. The van der Waals surface area contributed by atoms with Gasteiger partial charge in [0.2, 0.25) is 0 Å². The number of aliphatic hydroxyl groups is 1. The number of nitrogens with two attached hydrogens (primary N) is 1. The molecule has 0 spiro atoms. The van der Waals surface area contributed by atoms with E-state index in [9.17, 15) is 8.42 Å². The summed E-state index contributed by atoms with van der Waals surface area (Å²) < 4.78 is 22.8. The number of benzene rings is 1. The molecule has 1 aromatic rings. The monoisotopic (exact) mass is 263 g/mol. The number of aliphatic hydroxyl groups excluding tert-OH is 1. The van der Waals surface area contributed by atoms with Crippen LogP contribution in [0.3, 0.4) is 0 Å². The van der Waals surface area contributed by atoms with Crippen LogP contribution in [0.15, 0.2) is 24.3 Å². The smallest absolute Gasteiger partial charge is 0.154 e. The minimum atomic E-state index is -3.39. The molecular formula is C10H14ClNO3S. The molecule has 4 nitrogen and oxygen atoms in total. The van der Waals surface area contributed by atoms with Gasteiger partial charge < -0.3 is 10.8 Å². The fourth-order valence-corrected chi connectivity index (χ4v) is 2.60. The Balaban J connectivity index is 3.05. The molecule has 0 heterocycles. The molecule has 0 bridgehead atoms. The third-order valence-electron chi connectivity index (χ3n) is 2.36. The molecule has 0 aliphatic heterocycles. The van der Waals surface area contributed by atoms with Crippen molar-refractivity contribution >= 4 is 21.4 Å². The standard InChI is InChI=1S/C10H14ClNO3S/c1-16(14,15)9(6-13)10(12)7-3-2-4-8(11)5-7/h2-5,9-10,13H,6,12H2,1H3. The first-order chi connectivity index (χ1) is 7.36. The highest BCUT2D eigenvalue weighted by Crippen LogP contribution is 2.21. The zero-order valence-corrected chi connectivity index (χ0v) is 10.4. The Morgan fingerprint density at radius 2 is 2.12 bits per heavy atom. The van der Waals surface area contributed by atoms with Gasteiger partial charge in [0.25, 0.3) is 0 Å². The number of rotatable bonds is 4. The lowest BCUT2D eigenvalue weighted by Gasteiger charge is -2.20. The Morgan fingerprint density at radius 3 is 2.56 bits per heavy atom. The van der Waals surface area contributed by atoms with E-state index in [1.165, 1.54) is 0 Å². The molecule has 3 N–H and O–H groups in total. The lowest BCUT2D eigenvalue weighted by molar-refractivity contribution is 0.278. The maximum atomic E-state index is 11.4. The van der Waals surface area contributed by atoms with E-state index < -0.39 is 27.7 Å². The molecule has 2 atom stereocenters. The zero-order chi connectivity index (χ0) is 12.3. The maximum Gasteiger partial charge on any atom is 0.154 e. The fraction of sp³-hybridized carbons (Fsp3) is 0.400. The Morgan fingerprint density at radius 1 is 1.50 bits per heavy atom. The normalized spacial score (nSPS) is 15.8. The lowest BCUT2D eigenvalue weighted by Crippen LogP contribution is -2.36. The highest BCUT2D eigenvalue weighted by atomic mass is 35.5. The molecule has 2 unspecified atom stereocenters. The first-order valence-electron chi connectivity index (χ1n) is 4.67. The first kappa shape index (κ1) is 13.4. The van der Waals surface area contributed by atoms with Crippen LogP contribution in [-0.4, -0.2) is 31.6 Å². The van der Waals surface area contributed by atoms with Crippen LogP contribution >= 0.6 is 11.6 Å².